The molecule has 0 radical (unpaired) electrons. The number of carbonyl (C=O) groups is 3. The third-order valence-corrected chi connectivity index (χ3v) is 6.10. The summed E-state index contributed by atoms with van der Waals surface area (Å²) in [6.07, 6.45) is 2.81. The quantitative estimate of drug-likeness (QED) is 0.291. The van der Waals surface area contributed by atoms with Crippen LogP contribution < -0.4 is 20.2 Å². The van der Waals surface area contributed by atoms with E-state index in [1.165, 1.54) is 36.8 Å². The number of urea groups is 1. The van der Waals surface area contributed by atoms with Crippen molar-refractivity contribution in [1.29, 1.82) is 0 Å². The van der Waals surface area contributed by atoms with Gasteiger partial charge in [-0.3, -0.25) is 4.79 Å². The Balaban J connectivity index is 1.85. The van der Waals surface area contributed by atoms with E-state index < -0.39 is 11.9 Å². The highest BCUT2D eigenvalue weighted by Gasteiger charge is 2.13. The molecule has 10 nitrogen and oxygen atoms in total. The summed E-state index contributed by atoms with van der Waals surface area (Å²) in [5.74, 6) is -0.280. The number of esters is 1. The molecule has 3 amide bonds. The first-order valence-corrected chi connectivity index (χ1v) is 12.9. The minimum atomic E-state index is -0.580. The van der Waals surface area contributed by atoms with E-state index in [-0.39, 0.29) is 17.3 Å². The Morgan fingerprint density at radius 3 is 2.46 bits per heavy atom. The number of amides is 3. The topological polar surface area (TPSA) is 124 Å². The van der Waals surface area contributed by atoms with Crippen LogP contribution in [0.4, 0.5) is 4.79 Å². The summed E-state index contributed by atoms with van der Waals surface area (Å²) in [4.78, 5) is 45.2. The third-order valence-electron chi connectivity index (χ3n) is 5.24. The number of methoxy groups -OCH3 is 1. The molecule has 2 aromatic heterocycles. The van der Waals surface area contributed by atoms with Gasteiger partial charge in [-0.25, -0.2) is 14.6 Å². The fourth-order valence-corrected chi connectivity index (χ4v) is 4.32. The predicted molar refractivity (Wildman–Crippen MR) is 141 cm³/mol. The number of thiazole rings is 1. The standard InChI is InChI=1S/C26H31N5O5S/c1-4-13-27-25(34)28-14-6-15-31-22(18-7-10-20(11-8-18)36-5-2)17-37-26(31)30-23(32)19-9-12-21(29-16-19)24(33)35-3/h7-12,16-17H,4-6,13-15H2,1-3H3,(H2,27,28,34). The summed E-state index contributed by atoms with van der Waals surface area (Å²) in [6, 6.07) is 10.4. The van der Waals surface area contributed by atoms with Crippen LogP contribution >= 0.6 is 11.3 Å². The van der Waals surface area contributed by atoms with E-state index in [1.807, 2.05) is 48.1 Å². The first kappa shape index (κ1) is 27.6. The van der Waals surface area contributed by atoms with Crippen molar-refractivity contribution in [3.63, 3.8) is 0 Å². The highest BCUT2D eigenvalue weighted by Crippen LogP contribution is 2.23. The van der Waals surface area contributed by atoms with E-state index in [9.17, 15) is 14.4 Å². The van der Waals surface area contributed by atoms with Gasteiger partial charge in [0.2, 0.25) is 0 Å². The lowest BCUT2D eigenvalue weighted by Gasteiger charge is -2.11. The van der Waals surface area contributed by atoms with Gasteiger partial charge in [0.15, 0.2) is 4.80 Å². The lowest BCUT2D eigenvalue weighted by molar-refractivity contribution is 0.0593. The van der Waals surface area contributed by atoms with Crippen LogP contribution in [0.1, 0.15) is 47.5 Å². The van der Waals surface area contributed by atoms with Crippen LogP contribution in [0.15, 0.2) is 53.0 Å². The monoisotopic (exact) mass is 525 g/mol. The molecule has 0 aliphatic carbocycles. The van der Waals surface area contributed by atoms with E-state index in [4.69, 9.17) is 4.74 Å². The zero-order chi connectivity index (χ0) is 26.6. The zero-order valence-corrected chi connectivity index (χ0v) is 22.0. The second kappa shape index (κ2) is 13.9. The lowest BCUT2D eigenvalue weighted by Crippen LogP contribution is -2.36. The number of pyridine rings is 1. The molecule has 0 aliphatic heterocycles. The fourth-order valence-electron chi connectivity index (χ4n) is 3.39. The molecule has 3 aromatic rings. The van der Waals surface area contributed by atoms with E-state index >= 15 is 0 Å². The third kappa shape index (κ3) is 7.74. The molecular weight excluding hydrogens is 494 g/mol. The first-order chi connectivity index (χ1) is 18.0. The molecule has 1 aromatic carbocycles. The summed E-state index contributed by atoms with van der Waals surface area (Å²) >= 11 is 1.35. The second-order valence-corrected chi connectivity index (χ2v) is 8.73. The van der Waals surface area contributed by atoms with Crippen LogP contribution in [0, 0.1) is 0 Å². The van der Waals surface area contributed by atoms with Crippen molar-refractivity contribution < 1.29 is 23.9 Å². The summed E-state index contributed by atoms with van der Waals surface area (Å²) in [6.45, 7) is 6.12. The SMILES string of the molecule is CCCNC(=O)NCCCn1c(-c2ccc(OCC)cc2)csc1=NC(=O)c1ccc(C(=O)OC)nc1. The van der Waals surface area contributed by atoms with Gasteiger partial charge < -0.3 is 24.7 Å². The minimum absolute atomic E-state index is 0.110. The van der Waals surface area contributed by atoms with Crippen LogP contribution in [0.25, 0.3) is 11.3 Å². The van der Waals surface area contributed by atoms with E-state index in [0.717, 1.165) is 23.4 Å². The number of carbonyl (C=O) groups excluding carboxylic acids is 3. The van der Waals surface area contributed by atoms with Crippen molar-refractivity contribution in [2.24, 2.45) is 4.99 Å². The first-order valence-electron chi connectivity index (χ1n) is 12.0. The van der Waals surface area contributed by atoms with Gasteiger partial charge in [-0.1, -0.05) is 6.92 Å². The molecule has 0 fully saturated rings. The number of nitrogens with one attached hydrogen (secondary N) is 2. The van der Waals surface area contributed by atoms with Crippen LogP contribution in [-0.4, -0.2) is 54.3 Å². The molecule has 0 saturated carbocycles. The molecule has 37 heavy (non-hydrogen) atoms. The molecule has 0 aliphatic rings. The Morgan fingerprint density at radius 2 is 1.81 bits per heavy atom. The Labute approximate surface area is 219 Å². The van der Waals surface area contributed by atoms with Gasteiger partial charge in [0.05, 0.1) is 25.0 Å². The summed E-state index contributed by atoms with van der Waals surface area (Å²) in [5, 5.41) is 7.58. The van der Waals surface area contributed by atoms with E-state index in [2.05, 4.69) is 25.3 Å². The van der Waals surface area contributed by atoms with Gasteiger partial charge in [-0.05, 0) is 61.7 Å². The number of nitrogens with zero attached hydrogens (tertiary/aromatic N) is 3. The van der Waals surface area contributed by atoms with Crippen molar-refractivity contribution in [1.82, 2.24) is 20.2 Å². The number of aromatic nitrogens is 2. The number of rotatable bonds is 11. The largest absolute Gasteiger partial charge is 0.494 e. The molecule has 0 unspecified atom stereocenters. The molecular formula is C26H31N5O5S. The van der Waals surface area contributed by atoms with Gasteiger partial charge in [0, 0.05) is 31.2 Å². The van der Waals surface area contributed by atoms with Crippen LogP contribution in [-0.2, 0) is 11.3 Å². The van der Waals surface area contributed by atoms with Gasteiger partial charge in [0.1, 0.15) is 11.4 Å². The number of ether oxygens (including phenoxy) is 2. The van der Waals surface area contributed by atoms with Gasteiger partial charge in [-0.2, -0.15) is 4.99 Å². The van der Waals surface area contributed by atoms with Gasteiger partial charge >= 0.3 is 12.0 Å². The smallest absolute Gasteiger partial charge is 0.356 e. The summed E-state index contributed by atoms with van der Waals surface area (Å²) in [5.41, 5.74) is 2.21. The average molecular weight is 526 g/mol. The minimum Gasteiger partial charge on any atom is -0.494 e. The number of hydrogen-bond acceptors (Lipinski definition) is 7. The average Bonchev–Trinajstić information content (AvgIpc) is 3.32. The molecule has 0 atom stereocenters. The van der Waals surface area contributed by atoms with Gasteiger partial charge in [0.25, 0.3) is 5.91 Å². The second-order valence-electron chi connectivity index (χ2n) is 7.89. The van der Waals surface area contributed by atoms with E-state index in [1.54, 1.807) is 0 Å². The molecule has 3 rings (SSSR count). The van der Waals surface area contributed by atoms with Crippen molar-refractivity contribution in [3.05, 3.63) is 64.0 Å². The lowest BCUT2D eigenvalue weighted by atomic mass is 10.1. The molecule has 0 bridgehead atoms. The molecule has 0 spiro atoms. The van der Waals surface area contributed by atoms with Crippen molar-refractivity contribution >= 4 is 29.2 Å². The van der Waals surface area contributed by atoms with Crippen LogP contribution in [0.5, 0.6) is 5.75 Å². The highest BCUT2D eigenvalue weighted by atomic mass is 32.1. The molecule has 0 saturated heterocycles. The summed E-state index contributed by atoms with van der Waals surface area (Å²) < 4.78 is 12.1. The van der Waals surface area contributed by atoms with Crippen molar-refractivity contribution in [2.75, 3.05) is 26.8 Å². The molecule has 2 N–H and O–H groups in total. The Kier molecular flexibility index (Phi) is 10.4. The van der Waals surface area contributed by atoms with Gasteiger partial charge in [-0.15, -0.1) is 11.3 Å². The highest BCUT2D eigenvalue weighted by molar-refractivity contribution is 7.07. The predicted octanol–water partition coefficient (Wildman–Crippen LogP) is 3.64. The Hall–Kier alpha value is -3.99. The van der Waals surface area contributed by atoms with E-state index in [0.29, 0.717) is 37.5 Å². The molecule has 196 valence electrons. The molecule has 11 heteroatoms. The maximum Gasteiger partial charge on any atom is 0.356 e. The number of hydrogen-bond donors (Lipinski definition) is 2. The van der Waals surface area contributed by atoms with Crippen LogP contribution in [0.2, 0.25) is 0 Å². The van der Waals surface area contributed by atoms with Crippen molar-refractivity contribution in [2.45, 2.75) is 33.2 Å². The Bertz CT molecular complexity index is 1270. The zero-order valence-electron chi connectivity index (χ0n) is 21.2. The maximum atomic E-state index is 12.9. The fraction of sp³-hybridized carbons (Fsp3) is 0.346. The van der Waals surface area contributed by atoms with Crippen molar-refractivity contribution in [3.8, 4) is 17.0 Å². The summed E-state index contributed by atoms with van der Waals surface area (Å²) in [7, 11) is 1.27. The number of benzene rings is 1. The normalized spacial score (nSPS) is 11.2. The molecule has 2 heterocycles. The maximum absolute atomic E-state index is 12.9. The van der Waals surface area contributed by atoms with Crippen LogP contribution in [0.3, 0.4) is 0 Å². The Morgan fingerprint density at radius 1 is 1.05 bits per heavy atom.